The van der Waals surface area contributed by atoms with Crippen molar-refractivity contribution in [2.24, 2.45) is 5.92 Å². The maximum atomic E-state index is 12.4. The van der Waals surface area contributed by atoms with Crippen molar-refractivity contribution in [2.75, 3.05) is 6.54 Å². The number of ketones is 1. The third kappa shape index (κ3) is 2.08. The van der Waals surface area contributed by atoms with E-state index in [1.54, 1.807) is 12.1 Å². The van der Waals surface area contributed by atoms with Crippen molar-refractivity contribution >= 4 is 17.4 Å². The van der Waals surface area contributed by atoms with E-state index < -0.39 is 0 Å². The average Bonchev–Trinajstić information content (AvgIpc) is 3.00. The predicted octanol–water partition coefficient (Wildman–Crippen LogP) is 3.40. The molecule has 3 atom stereocenters. The van der Waals surface area contributed by atoms with Crippen molar-refractivity contribution in [3.63, 3.8) is 0 Å². The molecule has 0 N–H and O–H groups in total. The molecule has 1 aliphatic carbocycles. The molecule has 1 saturated carbocycles. The Morgan fingerprint density at radius 2 is 2.06 bits per heavy atom. The van der Waals surface area contributed by atoms with Gasteiger partial charge >= 0.3 is 0 Å². The number of fused-ring (bicyclic) bond motifs is 2. The zero-order valence-corrected chi connectivity index (χ0v) is 11.4. The van der Waals surface area contributed by atoms with Crippen LogP contribution in [-0.4, -0.2) is 29.3 Å². The van der Waals surface area contributed by atoms with Crippen molar-refractivity contribution in [2.45, 2.75) is 38.3 Å². The fraction of sp³-hybridized carbons (Fsp3) is 0.533. The van der Waals surface area contributed by atoms with Gasteiger partial charge in [-0.2, -0.15) is 0 Å². The van der Waals surface area contributed by atoms with Crippen LogP contribution in [0.25, 0.3) is 0 Å². The number of Topliss-reactive ketones (excluding diaryl/α,β-unsaturated/α-hetero) is 1. The normalized spacial score (nSPS) is 28.6. The fourth-order valence-corrected chi connectivity index (χ4v) is 3.57. The number of carbonyl (C=O) groups excluding carboxylic acids is 1. The van der Waals surface area contributed by atoms with Crippen LogP contribution in [0.5, 0.6) is 0 Å². The highest BCUT2D eigenvalue weighted by atomic mass is 35.5. The first kappa shape index (κ1) is 12.2. The molecule has 0 spiro atoms. The number of hydrogen-bond donors (Lipinski definition) is 0. The quantitative estimate of drug-likeness (QED) is 0.779. The average molecular weight is 264 g/mol. The van der Waals surface area contributed by atoms with Gasteiger partial charge in [-0.05, 0) is 56.4 Å². The predicted molar refractivity (Wildman–Crippen MR) is 73.1 cm³/mol. The molecule has 3 rings (SSSR count). The summed E-state index contributed by atoms with van der Waals surface area (Å²) in [7, 11) is 0. The van der Waals surface area contributed by atoms with E-state index in [9.17, 15) is 4.79 Å². The topological polar surface area (TPSA) is 20.3 Å². The largest absolute Gasteiger partial charge is 0.292 e. The molecule has 2 nitrogen and oxygen atoms in total. The SMILES string of the molecule is CC(C(=O)c1ccc(Cl)cc1)N1CC2CCC1C2. The van der Waals surface area contributed by atoms with E-state index in [0.29, 0.717) is 11.1 Å². The Bertz CT molecular complexity index is 456. The van der Waals surface area contributed by atoms with Crippen LogP contribution in [0.15, 0.2) is 24.3 Å². The van der Waals surface area contributed by atoms with Gasteiger partial charge in [-0.15, -0.1) is 0 Å². The summed E-state index contributed by atoms with van der Waals surface area (Å²) in [5.74, 6) is 1.05. The van der Waals surface area contributed by atoms with Gasteiger partial charge in [0.15, 0.2) is 5.78 Å². The van der Waals surface area contributed by atoms with Crippen LogP contribution in [0.3, 0.4) is 0 Å². The van der Waals surface area contributed by atoms with E-state index in [-0.39, 0.29) is 11.8 Å². The smallest absolute Gasteiger partial charge is 0.179 e. The molecule has 1 aliphatic heterocycles. The molecule has 1 aromatic carbocycles. The molecule has 3 unspecified atom stereocenters. The standard InChI is InChI=1S/C15H18ClNO/c1-10(17-9-11-2-7-14(17)8-11)15(18)12-3-5-13(16)6-4-12/h3-6,10-11,14H,2,7-9H2,1H3. The maximum Gasteiger partial charge on any atom is 0.179 e. The minimum atomic E-state index is 0.00137. The molecule has 18 heavy (non-hydrogen) atoms. The Hall–Kier alpha value is -0.860. The van der Waals surface area contributed by atoms with Crippen molar-refractivity contribution in [1.29, 1.82) is 0 Å². The van der Waals surface area contributed by atoms with Crippen LogP contribution in [-0.2, 0) is 0 Å². The Morgan fingerprint density at radius 1 is 1.33 bits per heavy atom. The van der Waals surface area contributed by atoms with Crippen LogP contribution in [0.2, 0.25) is 5.02 Å². The zero-order chi connectivity index (χ0) is 12.7. The van der Waals surface area contributed by atoms with Gasteiger partial charge in [0.1, 0.15) is 0 Å². The molecule has 2 aliphatic rings. The first-order valence-electron chi connectivity index (χ1n) is 6.70. The highest BCUT2D eigenvalue weighted by Gasteiger charge is 2.41. The minimum Gasteiger partial charge on any atom is -0.292 e. The van der Waals surface area contributed by atoms with Crippen LogP contribution in [0.1, 0.15) is 36.5 Å². The zero-order valence-electron chi connectivity index (χ0n) is 10.6. The van der Waals surface area contributed by atoms with Crippen LogP contribution in [0, 0.1) is 5.92 Å². The fourth-order valence-electron chi connectivity index (χ4n) is 3.44. The van der Waals surface area contributed by atoms with Crippen molar-refractivity contribution in [1.82, 2.24) is 4.90 Å². The molecular formula is C15H18ClNO. The van der Waals surface area contributed by atoms with E-state index in [2.05, 4.69) is 4.90 Å². The van der Waals surface area contributed by atoms with Gasteiger partial charge in [0, 0.05) is 23.2 Å². The summed E-state index contributed by atoms with van der Waals surface area (Å²) in [6.45, 7) is 3.14. The molecule has 3 heteroatoms. The van der Waals surface area contributed by atoms with Crippen LogP contribution in [0.4, 0.5) is 0 Å². The van der Waals surface area contributed by atoms with E-state index in [1.165, 1.54) is 19.3 Å². The van der Waals surface area contributed by atoms with Gasteiger partial charge < -0.3 is 0 Å². The molecule has 2 fully saturated rings. The highest BCUT2D eigenvalue weighted by Crippen LogP contribution is 2.38. The number of benzene rings is 1. The molecule has 1 saturated heterocycles. The summed E-state index contributed by atoms with van der Waals surface area (Å²) in [5, 5.41) is 0.680. The molecular weight excluding hydrogens is 246 g/mol. The van der Waals surface area contributed by atoms with Gasteiger partial charge in [-0.1, -0.05) is 11.6 Å². The van der Waals surface area contributed by atoms with Gasteiger partial charge in [0.25, 0.3) is 0 Å². The van der Waals surface area contributed by atoms with Crippen molar-refractivity contribution in [3.05, 3.63) is 34.9 Å². The third-order valence-electron chi connectivity index (χ3n) is 4.46. The Balaban J connectivity index is 1.74. The molecule has 0 radical (unpaired) electrons. The summed E-state index contributed by atoms with van der Waals surface area (Å²) in [5.41, 5.74) is 0.773. The lowest BCUT2D eigenvalue weighted by molar-refractivity contribution is 0.0787. The number of hydrogen-bond acceptors (Lipinski definition) is 2. The summed E-state index contributed by atoms with van der Waals surface area (Å²) in [6, 6.07) is 7.88. The van der Waals surface area contributed by atoms with Gasteiger partial charge in [-0.25, -0.2) is 0 Å². The number of halogens is 1. The van der Waals surface area contributed by atoms with Gasteiger partial charge in [0.05, 0.1) is 6.04 Å². The number of rotatable bonds is 3. The first-order chi connectivity index (χ1) is 8.65. The summed E-state index contributed by atoms with van der Waals surface area (Å²) >= 11 is 5.85. The lowest BCUT2D eigenvalue weighted by Gasteiger charge is -2.31. The molecule has 1 heterocycles. The number of piperidine rings is 1. The number of likely N-dealkylation sites (tertiary alicyclic amines) is 1. The minimum absolute atomic E-state index is 0.00137. The van der Waals surface area contributed by atoms with E-state index in [4.69, 9.17) is 11.6 Å². The number of nitrogens with zero attached hydrogens (tertiary/aromatic N) is 1. The lowest BCUT2D eigenvalue weighted by atomic mass is 10.0. The summed E-state index contributed by atoms with van der Waals surface area (Å²) in [4.78, 5) is 14.8. The monoisotopic (exact) mass is 263 g/mol. The van der Waals surface area contributed by atoms with E-state index in [1.807, 2.05) is 19.1 Å². The Morgan fingerprint density at radius 3 is 2.61 bits per heavy atom. The summed E-state index contributed by atoms with van der Waals surface area (Å²) in [6.07, 6.45) is 3.91. The Labute approximate surface area is 113 Å². The molecule has 2 bridgehead atoms. The van der Waals surface area contributed by atoms with Gasteiger partial charge in [-0.3, -0.25) is 9.69 Å². The molecule has 0 amide bonds. The maximum absolute atomic E-state index is 12.4. The van der Waals surface area contributed by atoms with E-state index in [0.717, 1.165) is 18.0 Å². The van der Waals surface area contributed by atoms with Crippen LogP contribution < -0.4 is 0 Å². The Kier molecular flexibility index (Phi) is 3.16. The van der Waals surface area contributed by atoms with Crippen molar-refractivity contribution in [3.8, 4) is 0 Å². The second-order valence-electron chi connectivity index (χ2n) is 5.58. The lowest BCUT2D eigenvalue weighted by Crippen LogP contribution is -2.43. The molecule has 1 aromatic rings. The van der Waals surface area contributed by atoms with Crippen molar-refractivity contribution < 1.29 is 4.79 Å². The first-order valence-corrected chi connectivity index (χ1v) is 7.08. The van der Waals surface area contributed by atoms with E-state index >= 15 is 0 Å². The molecule has 96 valence electrons. The highest BCUT2D eigenvalue weighted by molar-refractivity contribution is 6.30. The van der Waals surface area contributed by atoms with Gasteiger partial charge in [0.2, 0.25) is 0 Å². The third-order valence-corrected chi connectivity index (χ3v) is 4.71. The summed E-state index contributed by atoms with van der Waals surface area (Å²) < 4.78 is 0. The second-order valence-corrected chi connectivity index (χ2v) is 6.01. The van der Waals surface area contributed by atoms with Crippen LogP contribution >= 0.6 is 11.6 Å². The number of carbonyl (C=O) groups is 1. The molecule has 0 aromatic heterocycles. The second kappa shape index (κ2) is 4.67.